The molecule has 1 aromatic heterocycles. The topological polar surface area (TPSA) is 144 Å². The third-order valence-electron chi connectivity index (χ3n) is 3.93. The Bertz CT molecular complexity index is 1050. The summed E-state index contributed by atoms with van der Waals surface area (Å²) in [6.45, 7) is 2.26. The number of aryl methyl sites for hydroxylation is 1. The molecule has 11 heteroatoms. The molecule has 3 rings (SSSR count). The van der Waals surface area contributed by atoms with Crippen LogP contribution in [0.25, 0.3) is 10.9 Å². The number of ether oxygens (including phenoxy) is 1. The van der Waals surface area contributed by atoms with Crippen molar-refractivity contribution in [2.75, 3.05) is 0 Å². The molecule has 0 amide bonds. The lowest BCUT2D eigenvalue weighted by Crippen LogP contribution is -2.03. The molecule has 0 radical (unpaired) electrons. The molecule has 0 saturated carbocycles. The van der Waals surface area contributed by atoms with Gasteiger partial charge >= 0.3 is 11.4 Å². The van der Waals surface area contributed by atoms with Crippen molar-refractivity contribution in [3.05, 3.63) is 72.8 Å². The first-order chi connectivity index (χ1) is 12.8. The first-order valence-electron chi connectivity index (χ1n) is 7.70. The third kappa shape index (κ3) is 3.13. The first kappa shape index (κ1) is 17.8. The van der Waals surface area contributed by atoms with E-state index in [9.17, 15) is 30.3 Å². The zero-order chi connectivity index (χ0) is 19.7. The van der Waals surface area contributed by atoms with Crippen LogP contribution in [-0.2, 0) is 6.54 Å². The largest absolute Gasteiger partial charge is 0.427 e. The fourth-order valence-corrected chi connectivity index (χ4v) is 2.77. The van der Waals surface area contributed by atoms with Crippen LogP contribution in [0.4, 0.5) is 17.1 Å². The van der Waals surface area contributed by atoms with Gasteiger partial charge in [-0.2, -0.15) is 0 Å². The number of para-hydroxylation sites is 1. The minimum absolute atomic E-state index is 0.152. The molecule has 0 fully saturated rings. The number of fused-ring (bicyclic) bond motifs is 1. The Morgan fingerprint density at radius 1 is 0.926 bits per heavy atom. The van der Waals surface area contributed by atoms with Gasteiger partial charge < -0.3 is 9.30 Å². The number of benzene rings is 2. The van der Waals surface area contributed by atoms with E-state index in [4.69, 9.17) is 4.74 Å². The monoisotopic (exact) mass is 372 g/mol. The summed E-state index contributed by atoms with van der Waals surface area (Å²) in [5.41, 5.74) is -1.70. The second-order valence-corrected chi connectivity index (χ2v) is 5.47. The lowest BCUT2D eigenvalue weighted by molar-refractivity contribution is -0.404. The van der Waals surface area contributed by atoms with E-state index in [1.54, 1.807) is 28.8 Å². The van der Waals surface area contributed by atoms with Crippen LogP contribution in [0.3, 0.4) is 0 Å². The van der Waals surface area contributed by atoms with Gasteiger partial charge in [0.2, 0.25) is 5.88 Å². The van der Waals surface area contributed by atoms with Crippen molar-refractivity contribution in [3.8, 4) is 11.6 Å². The molecule has 0 atom stereocenters. The number of aromatic nitrogens is 1. The molecular weight excluding hydrogens is 360 g/mol. The van der Waals surface area contributed by atoms with Crippen molar-refractivity contribution in [1.29, 1.82) is 0 Å². The highest BCUT2D eigenvalue weighted by Crippen LogP contribution is 2.43. The molecule has 3 aromatic rings. The minimum atomic E-state index is -0.950. The number of hydrogen-bond acceptors (Lipinski definition) is 7. The van der Waals surface area contributed by atoms with Crippen molar-refractivity contribution in [3.63, 3.8) is 0 Å². The highest BCUT2D eigenvalue weighted by atomic mass is 16.6. The van der Waals surface area contributed by atoms with Gasteiger partial charge in [0.15, 0.2) is 0 Å². The van der Waals surface area contributed by atoms with E-state index in [0.29, 0.717) is 18.7 Å². The van der Waals surface area contributed by atoms with Crippen LogP contribution in [0, 0.1) is 30.3 Å². The summed E-state index contributed by atoms with van der Waals surface area (Å²) in [5.74, 6) is -0.508. The van der Waals surface area contributed by atoms with Gasteiger partial charge in [-0.25, -0.2) is 0 Å². The predicted octanol–water partition coefficient (Wildman–Crippen LogP) is 4.18. The van der Waals surface area contributed by atoms with E-state index in [1.165, 1.54) is 0 Å². The maximum atomic E-state index is 11.4. The molecule has 0 unspecified atom stereocenters. The number of rotatable bonds is 6. The molecule has 0 aliphatic rings. The molecule has 0 aliphatic heterocycles. The van der Waals surface area contributed by atoms with Crippen molar-refractivity contribution in [1.82, 2.24) is 4.57 Å². The molecular formula is C16H12N4O7. The molecule has 138 valence electrons. The standard InChI is InChI=1S/C16H12N4O7/c1-2-17-12-6-4-3-5-10(12)7-15(17)27-16-13(19(23)24)8-11(18(21)22)9-14(16)20(25)26/h3-9H,2H2,1H3. The molecule has 0 saturated heterocycles. The van der Waals surface area contributed by atoms with E-state index in [1.807, 2.05) is 13.0 Å². The van der Waals surface area contributed by atoms with Gasteiger partial charge in [0.05, 0.1) is 32.4 Å². The Morgan fingerprint density at radius 3 is 2.04 bits per heavy atom. The summed E-state index contributed by atoms with van der Waals surface area (Å²) in [5, 5.41) is 34.5. The summed E-state index contributed by atoms with van der Waals surface area (Å²) >= 11 is 0. The molecule has 27 heavy (non-hydrogen) atoms. The Morgan fingerprint density at radius 2 is 1.52 bits per heavy atom. The Hall–Kier alpha value is -4.02. The van der Waals surface area contributed by atoms with Crippen LogP contribution >= 0.6 is 0 Å². The number of nitrogens with zero attached hydrogens (tertiary/aromatic N) is 4. The molecule has 0 aliphatic carbocycles. The van der Waals surface area contributed by atoms with E-state index < -0.39 is 37.6 Å². The van der Waals surface area contributed by atoms with Gasteiger partial charge in [-0.15, -0.1) is 0 Å². The fraction of sp³-hybridized carbons (Fsp3) is 0.125. The Balaban J connectivity index is 2.24. The van der Waals surface area contributed by atoms with E-state index in [2.05, 4.69) is 0 Å². The van der Waals surface area contributed by atoms with Crippen LogP contribution in [0.15, 0.2) is 42.5 Å². The van der Waals surface area contributed by atoms with Crippen molar-refractivity contribution in [2.45, 2.75) is 13.5 Å². The lowest BCUT2D eigenvalue weighted by Gasteiger charge is -2.10. The first-order valence-corrected chi connectivity index (χ1v) is 7.70. The number of nitro groups is 3. The number of nitro benzene ring substituents is 3. The summed E-state index contributed by atoms with van der Waals surface area (Å²) in [4.78, 5) is 30.8. The summed E-state index contributed by atoms with van der Waals surface area (Å²) < 4.78 is 7.25. The van der Waals surface area contributed by atoms with Crippen LogP contribution in [0.1, 0.15) is 6.92 Å². The van der Waals surface area contributed by atoms with Gasteiger partial charge in [-0.1, -0.05) is 18.2 Å². The van der Waals surface area contributed by atoms with Crippen LogP contribution < -0.4 is 4.74 Å². The molecule has 1 heterocycles. The highest BCUT2D eigenvalue weighted by Gasteiger charge is 2.33. The van der Waals surface area contributed by atoms with Crippen molar-refractivity contribution in [2.24, 2.45) is 0 Å². The predicted molar refractivity (Wildman–Crippen MR) is 94.1 cm³/mol. The average Bonchev–Trinajstić information content (AvgIpc) is 2.98. The second-order valence-electron chi connectivity index (χ2n) is 5.47. The maximum Gasteiger partial charge on any atom is 0.325 e. The average molecular weight is 372 g/mol. The molecule has 0 N–H and O–H groups in total. The molecule has 0 spiro atoms. The van der Waals surface area contributed by atoms with Crippen LogP contribution in [0.2, 0.25) is 0 Å². The lowest BCUT2D eigenvalue weighted by atomic mass is 10.2. The van der Waals surface area contributed by atoms with Gasteiger partial charge in [0, 0.05) is 18.0 Å². The smallest absolute Gasteiger partial charge is 0.325 e. The van der Waals surface area contributed by atoms with Gasteiger partial charge in [-0.05, 0) is 13.0 Å². The van der Waals surface area contributed by atoms with E-state index in [0.717, 1.165) is 10.9 Å². The van der Waals surface area contributed by atoms with Gasteiger partial charge in [0.25, 0.3) is 11.4 Å². The normalized spacial score (nSPS) is 10.7. The van der Waals surface area contributed by atoms with E-state index in [-0.39, 0.29) is 5.88 Å². The van der Waals surface area contributed by atoms with E-state index >= 15 is 0 Å². The van der Waals surface area contributed by atoms with Gasteiger partial charge in [0.1, 0.15) is 0 Å². The summed E-state index contributed by atoms with van der Waals surface area (Å²) in [6, 6.07) is 10.1. The zero-order valence-corrected chi connectivity index (χ0v) is 13.9. The van der Waals surface area contributed by atoms with Crippen molar-refractivity contribution >= 4 is 28.0 Å². The number of hydrogen-bond donors (Lipinski definition) is 0. The minimum Gasteiger partial charge on any atom is -0.427 e. The summed E-state index contributed by atoms with van der Waals surface area (Å²) in [6.07, 6.45) is 0. The molecule has 0 bridgehead atoms. The van der Waals surface area contributed by atoms with Crippen LogP contribution in [-0.4, -0.2) is 19.3 Å². The number of non-ortho nitro benzene ring substituents is 1. The molecule has 11 nitrogen and oxygen atoms in total. The second kappa shape index (κ2) is 6.71. The van der Waals surface area contributed by atoms with Crippen molar-refractivity contribution < 1.29 is 19.5 Å². The Kier molecular flexibility index (Phi) is 4.42. The summed E-state index contributed by atoms with van der Waals surface area (Å²) in [7, 11) is 0. The van der Waals surface area contributed by atoms with Gasteiger partial charge in [-0.3, -0.25) is 30.3 Å². The zero-order valence-electron chi connectivity index (χ0n) is 13.9. The quantitative estimate of drug-likeness (QED) is 0.466. The highest BCUT2D eigenvalue weighted by molar-refractivity contribution is 5.82. The SMILES string of the molecule is CCn1c(Oc2c([N+](=O)[O-])cc([N+](=O)[O-])cc2[N+](=O)[O-])cc2ccccc21. The molecule has 2 aromatic carbocycles. The fourth-order valence-electron chi connectivity index (χ4n) is 2.77. The maximum absolute atomic E-state index is 11.4. The third-order valence-corrected chi connectivity index (χ3v) is 3.93. The Labute approximate surface area is 150 Å². The van der Waals surface area contributed by atoms with Crippen LogP contribution in [0.5, 0.6) is 11.6 Å².